The molecule has 2 atom stereocenters. The lowest BCUT2D eigenvalue weighted by atomic mass is 10.1. The molecule has 0 saturated carbocycles. The summed E-state index contributed by atoms with van der Waals surface area (Å²) in [4.78, 5) is 0.109. The predicted molar refractivity (Wildman–Crippen MR) is 109 cm³/mol. The zero-order valence-corrected chi connectivity index (χ0v) is 17.9. The molecule has 158 valence electrons. The SMILES string of the molecule is NS(=O)(=O)c1ccc(CCNC2CS(=O)(=O)CC2S(=O)(=O)c2ccccc2)cc1. The van der Waals surface area contributed by atoms with E-state index in [1.54, 1.807) is 30.3 Å². The second-order valence-corrected chi connectivity index (χ2v) is 12.9. The normalized spacial score (nSPS) is 21.8. The molecule has 0 spiro atoms. The molecule has 0 radical (unpaired) electrons. The topological polar surface area (TPSA) is 140 Å². The Kier molecular flexibility index (Phi) is 6.16. The first kappa shape index (κ1) is 21.9. The first-order valence-corrected chi connectivity index (χ1v) is 13.7. The van der Waals surface area contributed by atoms with Gasteiger partial charge in [-0.3, -0.25) is 0 Å². The summed E-state index contributed by atoms with van der Waals surface area (Å²) in [7, 11) is -11.0. The van der Waals surface area contributed by atoms with Crippen LogP contribution in [0.4, 0.5) is 0 Å². The largest absolute Gasteiger partial charge is 0.311 e. The van der Waals surface area contributed by atoms with E-state index in [-0.39, 0.29) is 15.5 Å². The molecule has 1 aliphatic rings. The minimum Gasteiger partial charge on any atom is -0.311 e. The van der Waals surface area contributed by atoms with Crippen molar-refractivity contribution in [1.82, 2.24) is 5.32 Å². The van der Waals surface area contributed by atoms with Gasteiger partial charge in [-0.25, -0.2) is 30.4 Å². The lowest BCUT2D eigenvalue weighted by Crippen LogP contribution is -2.44. The average Bonchev–Trinajstić information content (AvgIpc) is 2.97. The van der Waals surface area contributed by atoms with Gasteiger partial charge in [-0.1, -0.05) is 30.3 Å². The summed E-state index contributed by atoms with van der Waals surface area (Å²) in [5.41, 5.74) is 0.813. The fraction of sp³-hybridized carbons (Fsp3) is 0.333. The van der Waals surface area contributed by atoms with E-state index >= 15 is 0 Å². The van der Waals surface area contributed by atoms with Gasteiger partial charge in [-0.15, -0.1) is 0 Å². The van der Waals surface area contributed by atoms with Crippen LogP contribution < -0.4 is 10.5 Å². The number of nitrogens with one attached hydrogen (secondary N) is 1. The molecule has 1 saturated heterocycles. The van der Waals surface area contributed by atoms with Crippen LogP contribution in [-0.4, -0.2) is 54.6 Å². The third kappa shape index (κ3) is 5.23. The number of sulfonamides is 1. The lowest BCUT2D eigenvalue weighted by Gasteiger charge is -2.20. The van der Waals surface area contributed by atoms with Gasteiger partial charge in [-0.2, -0.15) is 0 Å². The molecule has 11 heteroatoms. The highest BCUT2D eigenvalue weighted by molar-refractivity contribution is 7.96. The maximum absolute atomic E-state index is 12.9. The van der Waals surface area contributed by atoms with Gasteiger partial charge in [0.25, 0.3) is 0 Å². The fourth-order valence-corrected chi connectivity index (χ4v) is 8.60. The van der Waals surface area contributed by atoms with Gasteiger partial charge in [0.05, 0.1) is 26.5 Å². The minimum absolute atomic E-state index is 0.00474. The third-order valence-corrected chi connectivity index (χ3v) is 9.94. The second-order valence-electron chi connectivity index (χ2n) is 6.97. The Hall–Kier alpha value is -1.79. The maximum atomic E-state index is 12.9. The summed E-state index contributed by atoms with van der Waals surface area (Å²) in [5.74, 6) is -0.654. The zero-order valence-electron chi connectivity index (χ0n) is 15.4. The smallest absolute Gasteiger partial charge is 0.238 e. The number of hydrogen-bond acceptors (Lipinski definition) is 7. The molecule has 29 heavy (non-hydrogen) atoms. The average molecular weight is 459 g/mol. The van der Waals surface area contributed by atoms with Gasteiger partial charge in [-0.05, 0) is 42.8 Å². The molecular formula is C18H22N2O6S3. The number of nitrogens with two attached hydrogens (primary N) is 1. The first-order valence-electron chi connectivity index (χ1n) is 8.83. The van der Waals surface area contributed by atoms with Crippen LogP contribution >= 0.6 is 0 Å². The van der Waals surface area contributed by atoms with Gasteiger partial charge >= 0.3 is 0 Å². The molecule has 2 unspecified atom stereocenters. The molecule has 1 heterocycles. The molecule has 8 nitrogen and oxygen atoms in total. The van der Waals surface area contributed by atoms with Gasteiger partial charge in [0.1, 0.15) is 0 Å². The van der Waals surface area contributed by atoms with Crippen LogP contribution in [0.2, 0.25) is 0 Å². The number of sulfone groups is 2. The zero-order chi connectivity index (χ0) is 21.3. The summed E-state index contributed by atoms with van der Waals surface area (Å²) in [6, 6.07) is 13.1. The molecule has 0 aromatic heterocycles. The monoisotopic (exact) mass is 458 g/mol. The highest BCUT2D eigenvalue weighted by atomic mass is 32.2. The molecule has 0 amide bonds. The highest BCUT2D eigenvalue weighted by Gasteiger charge is 2.45. The van der Waals surface area contributed by atoms with Crippen molar-refractivity contribution in [2.45, 2.75) is 27.5 Å². The standard InChI is InChI=1S/C18H22N2O6S3/c19-29(25,26)16-8-6-14(7-9-16)10-11-20-17-12-27(21,22)13-18(17)28(23,24)15-4-2-1-3-5-15/h1-9,17-18,20H,10-13H2,(H2,19,25,26). The van der Waals surface area contributed by atoms with Crippen molar-refractivity contribution in [3.63, 3.8) is 0 Å². The highest BCUT2D eigenvalue weighted by Crippen LogP contribution is 2.26. The summed E-state index contributed by atoms with van der Waals surface area (Å²) >= 11 is 0. The van der Waals surface area contributed by atoms with Crippen molar-refractivity contribution in [2.75, 3.05) is 18.1 Å². The Bertz CT molecular complexity index is 1180. The van der Waals surface area contributed by atoms with Crippen LogP contribution in [0, 0.1) is 0 Å². The summed E-state index contributed by atoms with van der Waals surface area (Å²) in [6.07, 6.45) is 0.472. The van der Waals surface area contributed by atoms with E-state index in [0.717, 1.165) is 5.56 Å². The van der Waals surface area contributed by atoms with E-state index in [2.05, 4.69) is 5.32 Å². The second kappa shape index (κ2) is 8.15. The van der Waals surface area contributed by atoms with E-state index in [1.807, 2.05) is 0 Å². The first-order chi connectivity index (χ1) is 13.5. The molecule has 0 bridgehead atoms. The quantitative estimate of drug-likeness (QED) is 0.600. The van der Waals surface area contributed by atoms with Crippen LogP contribution in [0.15, 0.2) is 64.4 Å². The fourth-order valence-electron chi connectivity index (χ4n) is 3.34. The Balaban J connectivity index is 1.70. The number of hydrogen-bond donors (Lipinski definition) is 2. The van der Waals surface area contributed by atoms with E-state index in [0.29, 0.717) is 13.0 Å². The van der Waals surface area contributed by atoms with Crippen LogP contribution in [-0.2, 0) is 36.1 Å². The Morgan fingerprint density at radius 3 is 2.10 bits per heavy atom. The van der Waals surface area contributed by atoms with Crippen LogP contribution in [0.25, 0.3) is 0 Å². The summed E-state index contributed by atoms with van der Waals surface area (Å²) < 4.78 is 72.7. The molecule has 0 aliphatic carbocycles. The molecule has 1 fully saturated rings. The molecule has 3 N–H and O–H groups in total. The minimum atomic E-state index is -3.80. The van der Waals surface area contributed by atoms with Crippen molar-refractivity contribution >= 4 is 29.7 Å². The van der Waals surface area contributed by atoms with Crippen molar-refractivity contribution in [3.8, 4) is 0 Å². The van der Waals surface area contributed by atoms with E-state index in [4.69, 9.17) is 5.14 Å². The Labute approximate surface area is 171 Å². The van der Waals surface area contributed by atoms with Crippen molar-refractivity contribution in [3.05, 3.63) is 60.2 Å². The molecular weight excluding hydrogens is 436 g/mol. The number of benzene rings is 2. The number of rotatable bonds is 7. The van der Waals surface area contributed by atoms with E-state index in [1.165, 1.54) is 24.3 Å². The van der Waals surface area contributed by atoms with Crippen LogP contribution in [0.3, 0.4) is 0 Å². The van der Waals surface area contributed by atoms with Gasteiger partial charge in [0, 0.05) is 6.04 Å². The van der Waals surface area contributed by atoms with Crippen molar-refractivity contribution in [2.24, 2.45) is 5.14 Å². The summed E-state index contributed by atoms with van der Waals surface area (Å²) in [5, 5.41) is 7.06. The maximum Gasteiger partial charge on any atom is 0.238 e. The number of primary sulfonamides is 1. The molecule has 1 aliphatic heterocycles. The van der Waals surface area contributed by atoms with Gasteiger partial charge in [0.15, 0.2) is 19.7 Å². The molecule has 3 rings (SSSR count). The van der Waals surface area contributed by atoms with Crippen molar-refractivity contribution in [1.29, 1.82) is 0 Å². The Morgan fingerprint density at radius 1 is 0.897 bits per heavy atom. The van der Waals surface area contributed by atoms with Crippen LogP contribution in [0.1, 0.15) is 5.56 Å². The van der Waals surface area contributed by atoms with E-state index < -0.39 is 46.7 Å². The van der Waals surface area contributed by atoms with Crippen LogP contribution in [0.5, 0.6) is 0 Å². The van der Waals surface area contributed by atoms with E-state index in [9.17, 15) is 25.3 Å². The van der Waals surface area contributed by atoms with Gasteiger partial charge in [0.2, 0.25) is 10.0 Å². The lowest BCUT2D eigenvalue weighted by molar-refractivity contribution is 0.528. The molecule has 2 aromatic rings. The predicted octanol–water partition coefficient (Wildman–Crippen LogP) is 0.106. The van der Waals surface area contributed by atoms with Gasteiger partial charge < -0.3 is 5.32 Å². The Morgan fingerprint density at radius 2 is 1.52 bits per heavy atom. The summed E-state index contributed by atoms with van der Waals surface area (Å²) in [6.45, 7) is 0.343. The third-order valence-electron chi connectivity index (χ3n) is 4.84. The van der Waals surface area contributed by atoms with Crippen molar-refractivity contribution < 1.29 is 25.3 Å². The molecule has 2 aromatic carbocycles.